The number of rotatable bonds is 7. The smallest absolute Gasteiger partial charge is 0.433 e. The van der Waals surface area contributed by atoms with Crippen molar-refractivity contribution in [2.24, 2.45) is 0 Å². The monoisotopic (exact) mass is 630 g/mol. The van der Waals surface area contributed by atoms with Crippen molar-refractivity contribution in [3.05, 3.63) is 119 Å². The Labute approximate surface area is 263 Å². The maximum Gasteiger partial charge on any atom is 0.433 e. The number of anilines is 1. The fourth-order valence-corrected chi connectivity index (χ4v) is 5.71. The van der Waals surface area contributed by atoms with Crippen LogP contribution < -0.4 is 15.4 Å². The number of carbonyl (C=O) groups excluding carboxylic acids is 1. The summed E-state index contributed by atoms with van der Waals surface area (Å²) in [5.41, 5.74) is 2.63. The lowest BCUT2D eigenvalue weighted by atomic mass is 10.0. The van der Waals surface area contributed by atoms with Gasteiger partial charge in [-0.1, -0.05) is 48.0 Å². The first-order valence-electron chi connectivity index (χ1n) is 14.6. The third kappa shape index (κ3) is 7.20. The lowest BCUT2D eigenvalue weighted by Crippen LogP contribution is -2.35. The first kappa shape index (κ1) is 30.4. The highest BCUT2D eigenvalue weighted by molar-refractivity contribution is 6.31. The van der Waals surface area contributed by atoms with Gasteiger partial charge in [0.2, 0.25) is 0 Å². The zero-order valence-electron chi connectivity index (χ0n) is 24.2. The van der Waals surface area contributed by atoms with E-state index < -0.39 is 11.9 Å². The largest absolute Gasteiger partial charge is 0.487 e. The number of alkyl halides is 3. The quantitative estimate of drug-likeness (QED) is 0.139. The Kier molecular flexibility index (Phi) is 8.63. The first-order valence-corrected chi connectivity index (χ1v) is 15.0. The first-order chi connectivity index (χ1) is 21.6. The third-order valence-corrected chi connectivity index (χ3v) is 8.23. The molecule has 230 valence electrons. The molecule has 3 aromatic carbocycles. The Balaban J connectivity index is 1.07. The number of para-hydroxylation sites is 1. The average molecular weight is 631 g/mol. The Hall–Kier alpha value is -4.63. The Morgan fingerprint density at radius 2 is 1.73 bits per heavy atom. The van der Waals surface area contributed by atoms with E-state index in [2.05, 4.69) is 27.2 Å². The standard InChI is InChI=1S/C35H30ClF3N4O2/c1-21-6-11-25(40-32-19-33(35(37,38)39)42-31-16-10-24(36)18-28(31)32)13-17-29(21)43-34(44)23-8-14-27(15-9-23)45-20-26-12-7-22-4-2-3-5-30(22)41-26/h2-5,7-10,12,14-16,18-19,25,29H,1,6,11,13,17,20H2,(H,40,42)(H,43,44)/t25-,29-/m0/s1. The molecule has 6 nitrogen and oxygen atoms in total. The lowest BCUT2D eigenvalue weighted by molar-refractivity contribution is -0.140. The van der Waals surface area contributed by atoms with Crippen LogP contribution in [-0.4, -0.2) is 28.0 Å². The molecule has 0 saturated heterocycles. The van der Waals surface area contributed by atoms with Gasteiger partial charge in [-0.15, -0.1) is 0 Å². The van der Waals surface area contributed by atoms with Crippen molar-refractivity contribution in [1.82, 2.24) is 15.3 Å². The predicted octanol–water partition coefficient (Wildman–Crippen LogP) is 8.74. The number of fused-ring (bicyclic) bond motifs is 2. The summed E-state index contributed by atoms with van der Waals surface area (Å²) in [5.74, 6) is 0.382. The van der Waals surface area contributed by atoms with Crippen LogP contribution in [0.4, 0.5) is 18.9 Å². The maximum atomic E-state index is 13.6. The number of pyridine rings is 2. The highest BCUT2D eigenvalue weighted by Crippen LogP contribution is 2.35. The van der Waals surface area contributed by atoms with Crippen molar-refractivity contribution >= 4 is 45.0 Å². The molecule has 0 radical (unpaired) electrons. The van der Waals surface area contributed by atoms with Crippen molar-refractivity contribution in [2.75, 3.05) is 5.32 Å². The lowest BCUT2D eigenvalue weighted by Gasteiger charge is -2.21. The van der Waals surface area contributed by atoms with Crippen LogP contribution in [-0.2, 0) is 12.8 Å². The van der Waals surface area contributed by atoms with Gasteiger partial charge in [0.1, 0.15) is 18.1 Å². The number of nitrogens with one attached hydrogen (secondary N) is 2. The Morgan fingerprint density at radius 1 is 0.933 bits per heavy atom. The topological polar surface area (TPSA) is 76.1 Å². The fourth-order valence-electron chi connectivity index (χ4n) is 5.54. The number of amides is 1. The zero-order chi connectivity index (χ0) is 31.6. The fraction of sp³-hybridized carbons (Fsp3) is 0.229. The van der Waals surface area contributed by atoms with Crippen LogP contribution in [0.1, 0.15) is 47.4 Å². The van der Waals surface area contributed by atoms with Crippen LogP contribution in [0.2, 0.25) is 5.02 Å². The van der Waals surface area contributed by atoms with E-state index in [1.807, 2.05) is 36.4 Å². The van der Waals surface area contributed by atoms with Gasteiger partial charge in [0.05, 0.1) is 22.8 Å². The molecular formula is C35H30ClF3N4O2. The minimum atomic E-state index is -4.59. The normalized spacial score (nSPS) is 17.2. The van der Waals surface area contributed by atoms with Gasteiger partial charge in [0.25, 0.3) is 5.91 Å². The second kappa shape index (κ2) is 12.8. The number of ether oxygens (including phenoxy) is 1. The maximum absolute atomic E-state index is 13.6. The van der Waals surface area contributed by atoms with E-state index in [1.54, 1.807) is 30.3 Å². The molecule has 1 aliphatic carbocycles. The van der Waals surface area contributed by atoms with Crippen LogP contribution in [0.15, 0.2) is 97.1 Å². The minimum absolute atomic E-state index is 0.136. The highest BCUT2D eigenvalue weighted by atomic mass is 35.5. The number of carbonyl (C=O) groups is 1. The summed E-state index contributed by atoms with van der Waals surface area (Å²) in [7, 11) is 0. The summed E-state index contributed by atoms with van der Waals surface area (Å²) in [4.78, 5) is 21.5. The van der Waals surface area contributed by atoms with Gasteiger partial charge in [-0.05, 0) is 86.3 Å². The number of hydrogen-bond donors (Lipinski definition) is 2. The van der Waals surface area contributed by atoms with Crippen LogP contribution in [0.3, 0.4) is 0 Å². The third-order valence-electron chi connectivity index (χ3n) is 8.00. The van der Waals surface area contributed by atoms with Crippen molar-refractivity contribution in [3.8, 4) is 5.75 Å². The molecule has 2 atom stereocenters. The molecule has 0 bridgehead atoms. The molecule has 1 saturated carbocycles. The molecule has 2 N–H and O–H groups in total. The van der Waals surface area contributed by atoms with Gasteiger partial charge in [0.15, 0.2) is 0 Å². The van der Waals surface area contributed by atoms with E-state index in [9.17, 15) is 18.0 Å². The second-order valence-electron chi connectivity index (χ2n) is 11.2. The van der Waals surface area contributed by atoms with E-state index in [0.29, 0.717) is 59.7 Å². The van der Waals surface area contributed by atoms with Crippen LogP contribution in [0, 0.1) is 0 Å². The van der Waals surface area contributed by atoms with Crippen LogP contribution in [0.25, 0.3) is 21.8 Å². The zero-order valence-corrected chi connectivity index (χ0v) is 25.0. The van der Waals surface area contributed by atoms with Crippen molar-refractivity contribution in [3.63, 3.8) is 0 Å². The summed E-state index contributed by atoms with van der Waals surface area (Å²) < 4.78 is 46.6. The number of nitrogens with zero attached hydrogens (tertiary/aromatic N) is 2. The van der Waals surface area contributed by atoms with Gasteiger partial charge in [-0.3, -0.25) is 4.79 Å². The summed E-state index contributed by atoms with van der Waals surface area (Å²) in [6.45, 7) is 4.49. The number of aromatic nitrogens is 2. The predicted molar refractivity (Wildman–Crippen MR) is 171 cm³/mol. The summed E-state index contributed by atoms with van der Waals surface area (Å²) in [6, 6.07) is 24.0. The minimum Gasteiger partial charge on any atom is -0.487 e. The van der Waals surface area contributed by atoms with E-state index >= 15 is 0 Å². The molecule has 45 heavy (non-hydrogen) atoms. The van der Waals surface area contributed by atoms with Gasteiger partial charge >= 0.3 is 6.18 Å². The summed E-state index contributed by atoms with van der Waals surface area (Å²) in [6.07, 6.45) is -2.14. The molecule has 0 unspecified atom stereocenters. The van der Waals surface area contributed by atoms with E-state index in [1.165, 1.54) is 12.1 Å². The molecule has 1 amide bonds. The summed E-state index contributed by atoms with van der Waals surface area (Å²) in [5, 5.41) is 8.36. The van der Waals surface area contributed by atoms with Crippen molar-refractivity contribution < 1.29 is 22.7 Å². The molecule has 0 aliphatic heterocycles. The molecule has 1 fully saturated rings. The van der Waals surface area contributed by atoms with Crippen LogP contribution >= 0.6 is 11.6 Å². The van der Waals surface area contributed by atoms with Gasteiger partial charge in [-0.25, -0.2) is 9.97 Å². The summed E-state index contributed by atoms with van der Waals surface area (Å²) >= 11 is 6.15. The van der Waals surface area contributed by atoms with Gasteiger partial charge < -0.3 is 15.4 Å². The van der Waals surface area contributed by atoms with Crippen molar-refractivity contribution in [1.29, 1.82) is 0 Å². The average Bonchev–Trinajstić information content (AvgIpc) is 3.20. The highest BCUT2D eigenvalue weighted by Gasteiger charge is 2.34. The van der Waals surface area contributed by atoms with Gasteiger partial charge in [0, 0.05) is 33.1 Å². The molecule has 2 aromatic heterocycles. The Bertz CT molecular complexity index is 1880. The molecule has 1 aliphatic rings. The van der Waals surface area contributed by atoms with Crippen molar-refractivity contribution in [2.45, 2.75) is 50.6 Å². The van der Waals surface area contributed by atoms with E-state index in [-0.39, 0.29) is 23.5 Å². The molecule has 5 aromatic rings. The molecule has 0 spiro atoms. The number of halogens is 4. The number of hydrogen-bond acceptors (Lipinski definition) is 5. The van der Waals surface area contributed by atoms with Crippen LogP contribution in [0.5, 0.6) is 5.75 Å². The van der Waals surface area contributed by atoms with E-state index in [0.717, 1.165) is 28.2 Å². The number of benzene rings is 3. The van der Waals surface area contributed by atoms with E-state index in [4.69, 9.17) is 16.3 Å². The molecule has 10 heteroatoms. The SMILES string of the molecule is C=C1CC[C@H](Nc2cc(C(F)(F)F)nc3ccc(Cl)cc23)CC[C@@H]1NC(=O)c1ccc(OCc2ccc3ccccc3n2)cc1. The van der Waals surface area contributed by atoms with Gasteiger partial charge in [-0.2, -0.15) is 13.2 Å². The Morgan fingerprint density at radius 3 is 2.53 bits per heavy atom. The second-order valence-corrected chi connectivity index (χ2v) is 11.6. The molecular weight excluding hydrogens is 601 g/mol. The molecule has 6 rings (SSSR count). The molecule has 2 heterocycles.